The molecule has 0 fully saturated rings. The van der Waals surface area contributed by atoms with Crippen molar-refractivity contribution in [1.29, 1.82) is 0 Å². The largest absolute Gasteiger partial charge is 0.452 e. The van der Waals surface area contributed by atoms with Crippen molar-refractivity contribution in [2.24, 2.45) is 0 Å². The van der Waals surface area contributed by atoms with Gasteiger partial charge in [-0.25, -0.2) is 9.78 Å². The van der Waals surface area contributed by atoms with E-state index in [9.17, 15) is 14.4 Å². The van der Waals surface area contributed by atoms with E-state index in [0.717, 1.165) is 5.56 Å². The molecular weight excluding hydrogens is 442 g/mol. The summed E-state index contributed by atoms with van der Waals surface area (Å²) in [5.74, 6) is -0.633. The number of nitrogens with one attached hydrogen (secondary N) is 2. The first-order valence-corrected chi connectivity index (χ1v) is 10.6. The van der Waals surface area contributed by atoms with Gasteiger partial charge in [0.2, 0.25) is 0 Å². The van der Waals surface area contributed by atoms with Gasteiger partial charge in [0.05, 0.1) is 16.5 Å². The van der Waals surface area contributed by atoms with Gasteiger partial charge in [0.1, 0.15) is 5.82 Å². The number of aromatic amines is 1. The van der Waals surface area contributed by atoms with Crippen molar-refractivity contribution in [3.05, 3.63) is 111 Å². The fourth-order valence-corrected chi connectivity index (χ4v) is 3.59. The molecule has 0 saturated heterocycles. The Balaban J connectivity index is 1.41. The third-order valence-electron chi connectivity index (χ3n) is 4.97. The van der Waals surface area contributed by atoms with Crippen LogP contribution in [0.2, 0.25) is 5.02 Å². The standard InChI is InChI=1S/C25H20ClN3O4/c26-18-8-5-6-16(12-18)14-27-23(30)15-33-25(32)19-9-2-1-7-17(19)13-22-28-21-11-4-3-10-20(21)24(31)29-22/h1-12H,13-15H2,(H,27,30)(H,28,29,31). The highest BCUT2D eigenvalue weighted by atomic mass is 35.5. The van der Waals surface area contributed by atoms with Crippen LogP contribution >= 0.6 is 11.6 Å². The third kappa shape index (κ3) is 5.64. The maximum absolute atomic E-state index is 12.6. The molecule has 0 atom stereocenters. The van der Waals surface area contributed by atoms with Gasteiger partial charge < -0.3 is 15.0 Å². The average Bonchev–Trinajstić information content (AvgIpc) is 2.82. The molecule has 8 heteroatoms. The van der Waals surface area contributed by atoms with Crippen molar-refractivity contribution in [2.75, 3.05) is 6.61 Å². The smallest absolute Gasteiger partial charge is 0.338 e. The molecule has 4 rings (SSSR count). The van der Waals surface area contributed by atoms with Crippen molar-refractivity contribution in [3.63, 3.8) is 0 Å². The van der Waals surface area contributed by atoms with Gasteiger partial charge in [-0.05, 0) is 41.5 Å². The number of nitrogens with zero attached hydrogens (tertiary/aromatic N) is 1. The Morgan fingerprint density at radius 1 is 1.00 bits per heavy atom. The second-order valence-corrected chi connectivity index (χ2v) is 7.78. The lowest BCUT2D eigenvalue weighted by Gasteiger charge is -2.10. The number of hydrogen-bond acceptors (Lipinski definition) is 5. The molecule has 0 radical (unpaired) electrons. The molecule has 0 unspecified atom stereocenters. The number of amides is 1. The summed E-state index contributed by atoms with van der Waals surface area (Å²) in [4.78, 5) is 44.3. The summed E-state index contributed by atoms with van der Waals surface area (Å²) in [5.41, 5.74) is 2.10. The van der Waals surface area contributed by atoms with Gasteiger partial charge in [-0.3, -0.25) is 9.59 Å². The van der Waals surface area contributed by atoms with Gasteiger partial charge in [0.25, 0.3) is 11.5 Å². The Kier molecular flexibility index (Phi) is 6.80. The molecule has 2 N–H and O–H groups in total. The summed E-state index contributed by atoms with van der Waals surface area (Å²) in [7, 11) is 0. The van der Waals surface area contributed by atoms with Crippen LogP contribution in [0, 0.1) is 0 Å². The zero-order valence-electron chi connectivity index (χ0n) is 17.5. The van der Waals surface area contributed by atoms with Crippen LogP contribution in [0.5, 0.6) is 0 Å². The van der Waals surface area contributed by atoms with Gasteiger partial charge in [-0.2, -0.15) is 0 Å². The Bertz CT molecular complexity index is 1380. The van der Waals surface area contributed by atoms with Gasteiger partial charge in [-0.15, -0.1) is 0 Å². The van der Waals surface area contributed by atoms with Gasteiger partial charge in [0, 0.05) is 18.0 Å². The number of rotatable bonds is 7. The maximum Gasteiger partial charge on any atom is 0.338 e. The number of fused-ring (bicyclic) bond motifs is 1. The number of esters is 1. The van der Waals surface area contributed by atoms with Crippen LogP contribution in [0.3, 0.4) is 0 Å². The minimum atomic E-state index is -0.633. The first kappa shape index (κ1) is 22.2. The van der Waals surface area contributed by atoms with E-state index in [-0.39, 0.29) is 18.5 Å². The minimum absolute atomic E-state index is 0.228. The monoisotopic (exact) mass is 461 g/mol. The molecule has 1 heterocycles. The topological polar surface area (TPSA) is 101 Å². The molecule has 1 amide bonds. The fourth-order valence-electron chi connectivity index (χ4n) is 3.38. The molecule has 0 aliphatic heterocycles. The zero-order valence-corrected chi connectivity index (χ0v) is 18.3. The van der Waals surface area contributed by atoms with E-state index in [1.165, 1.54) is 0 Å². The highest BCUT2D eigenvalue weighted by Crippen LogP contribution is 2.15. The average molecular weight is 462 g/mol. The number of H-pyrrole nitrogens is 1. The Morgan fingerprint density at radius 2 is 1.79 bits per heavy atom. The number of benzene rings is 3. The highest BCUT2D eigenvalue weighted by Gasteiger charge is 2.15. The van der Waals surface area contributed by atoms with Crippen LogP contribution in [0.1, 0.15) is 27.3 Å². The Labute approximate surface area is 194 Å². The molecule has 166 valence electrons. The van der Waals surface area contributed by atoms with Crippen molar-refractivity contribution in [1.82, 2.24) is 15.3 Å². The SMILES string of the molecule is O=C(COC(=O)c1ccccc1Cc1nc2ccccc2c(=O)[nH]1)NCc1cccc(Cl)c1. The van der Waals surface area contributed by atoms with Crippen LogP contribution in [0.25, 0.3) is 10.9 Å². The molecule has 4 aromatic rings. The molecular formula is C25H20ClN3O4. The summed E-state index contributed by atoms with van der Waals surface area (Å²) in [5, 5.41) is 3.76. The number of carbonyl (C=O) groups excluding carboxylic acids is 2. The lowest BCUT2D eigenvalue weighted by atomic mass is 10.0. The summed E-state index contributed by atoms with van der Waals surface area (Å²) >= 11 is 5.93. The second-order valence-electron chi connectivity index (χ2n) is 7.35. The number of halogens is 1. The van der Waals surface area contributed by atoms with E-state index < -0.39 is 18.5 Å². The predicted octanol–water partition coefficient (Wildman–Crippen LogP) is 3.64. The van der Waals surface area contributed by atoms with E-state index in [1.807, 2.05) is 6.07 Å². The minimum Gasteiger partial charge on any atom is -0.452 e. The zero-order chi connectivity index (χ0) is 23.2. The third-order valence-corrected chi connectivity index (χ3v) is 5.21. The van der Waals surface area contributed by atoms with Crippen molar-refractivity contribution < 1.29 is 14.3 Å². The predicted molar refractivity (Wildman–Crippen MR) is 125 cm³/mol. The van der Waals surface area contributed by atoms with E-state index in [1.54, 1.807) is 66.7 Å². The molecule has 0 spiro atoms. The molecule has 0 aliphatic carbocycles. The number of para-hydroxylation sites is 1. The lowest BCUT2D eigenvalue weighted by Crippen LogP contribution is -2.28. The second kappa shape index (κ2) is 10.1. The number of aromatic nitrogens is 2. The summed E-state index contributed by atoms with van der Waals surface area (Å²) < 4.78 is 5.20. The van der Waals surface area contributed by atoms with Crippen LogP contribution in [0.4, 0.5) is 0 Å². The first-order chi connectivity index (χ1) is 16.0. The summed E-state index contributed by atoms with van der Waals surface area (Å²) in [6.07, 6.45) is 0.228. The summed E-state index contributed by atoms with van der Waals surface area (Å²) in [6, 6.07) is 21.0. The van der Waals surface area contributed by atoms with Gasteiger partial charge in [0.15, 0.2) is 6.61 Å². The normalized spacial score (nSPS) is 10.7. The molecule has 1 aromatic heterocycles. The van der Waals surface area contributed by atoms with Crippen molar-refractivity contribution in [3.8, 4) is 0 Å². The fraction of sp³-hybridized carbons (Fsp3) is 0.120. The summed E-state index contributed by atoms with van der Waals surface area (Å²) in [6.45, 7) is -0.146. The lowest BCUT2D eigenvalue weighted by molar-refractivity contribution is -0.124. The first-order valence-electron chi connectivity index (χ1n) is 10.2. The quantitative estimate of drug-likeness (QED) is 0.409. The van der Waals surface area contributed by atoms with E-state index in [0.29, 0.717) is 32.9 Å². The molecule has 0 saturated carbocycles. The van der Waals surface area contributed by atoms with Crippen LogP contribution in [-0.4, -0.2) is 28.5 Å². The van der Waals surface area contributed by atoms with E-state index >= 15 is 0 Å². The van der Waals surface area contributed by atoms with Crippen LogP contribution < -0.4 is 10.9 Å². The van der Waals surface area contributed by atoms with Gasteiger partial charge >= 0.3 is 5.97 Å². The molecule has 0 bridgehead atoms. The highest BCUT2D eigenvalue weighted by molar-refractivity contribution is 6.30. The number of carbonyl (C=O) groups is 2. The molecule has 3 aromatic carbocycles. The Morgan fingerprint density at radius 3 is 2.64 bits per heavy atom. The molecule has 33 heavy (non-hydrogen) atoms. The van der Waals surface area contributed by atoms with E-state index in [4.69, 9.17) is 16.3 Å². The molecule has 7 nitrogen and oxygen atoms in total. The maximum atomic E-state index is 12.6. The number of ether oxygens (including phenoxy) is 1. The van der Waals surface area contributed by atoms with E-state index in [2.05, 4.69) is 15.3 Å². The van der Waals surface area contributed by atoms with Crippen molar-refractivity contribution in [2.45, 2.75) is 13.0 Å². The van der Waals surface area contributed by atoms with Gasteiger partial charge in [-0.1, -0.05) is 54.1 Å². The number of hydrogen-bond donors (Lipinski definition) is 2. The van der Waals surface area contributed by atoms with Crippen LogP contribution in [-0.2, 0) is 22.5 Å². The molecule has 0 aliphatic rings. The van der Waals surface area contributed by atoms with Crippen molar-refractivity contribution >= 4 is 34.4 Å². The van der Waals surface area contributed by atoms with Crippen LogP contribution in [0.15, 0.2) is 77.6 Å². The Hall–Kier alpha value is -3.97.